The predicted octanol–water partition coefficient (Wildman–Crippen LogP) is 3.39. The Morgan fingerprint density at radius 2 is 1.80 bits per heavy atom. The molecule has 1 heterocycles. The number of benzene rings is 2. The maximum Gasteiger partial charge on any atom is 0.338 e. The molecule has 2 aromatic carbocycles. The topological polar surface area (TPSA) is 63.7 Å². The van der Waals surface area contributed by atoms with Crippen LogP contribution < -0.4 is 0 Å². The van der Waals surface area contributed by atoms with Crippen molar-refractivity contribution < 1.29 is 19.1 Å². The van der Waals surface area contributed by atoms with Crippen LogP contribution in [0, 0.1) is 0 Å². The van der Waals surface area contributed by atoms with E-state index in [0.717, 1.165) is 10.5 Å². The third kappa shape index (κ3) is 3.08. The summed E-state index contributed by atoms with van der Waals surface area (Å²) in [5, 5.41) is 0. The number of carbonyl (C=O) groups excluding carboxylic acids is 3. The normalized spacial score (nSPS) is 14.2. The van der Waals surface area contributed by atoms with E-state index in [-0.39, 0.29) is 23.6 Å². The molecule has 0 fully saturated rings. The van der Waals surface area contributed by atoms with E-state index in [0.29, 0.717) is 5.56 Å². The lowest BCUT2D eigenvalue weighted by atomic mass is 10.1. The Balaban J connectivity index is 1.81. The van der Waals surface area contributed by atoms with Gasteiger partial charge in [-0.3, -0.25) is 14.5 Å². The van der Waals surface area contributed by atoms with Crippen molar-refractivity contribution in [2.75, 3.05) is 6.54 Å². The molecule has 1 atom stereocenters. The van der Waals surface area contributed by atoms with Gasteiger partial charge in [0.15, 0.2) is 0 Å². The molecule has 2 amide bonds. The van der Waals surface area contributed by atoms with E-state index in [4.69, 9.17) is 4.74 Å². The highest BCUT2D eigenvalue weighted by Crippen LogP contribution is 2.25. The Labute approximate surface area is 145 Å². The summed E-state index contributed by atoms with van der Waals surface area (Å²) >= 11 is 0. The zero-order chi connectivity index (χ0) is 18.0. The first-order valence-electron chi connectivity index (χ1n) is 7.90. The maximum atomic E-state index is 12.4. The summed E-state index contributed by atoms with van der Waals surface area (Å²) in [6.07, 6.45) is 1.06. The Morgan fingerprint density at radius 1 is 1.12 bits per heavy atom. The minimum atomic E-state index is -0.540. The minimum absolute atomic E-state index is 0.136. The highest BCUT2D eigenvalue weighted by Gasteiger charge is 2.35. The van der Waals surface area contributed by atoms with Gasteiger partial charge in [0.2, 0.25) is 0 Å². The molecule has 25 heavy (non-hydrogen) atoms. The molecule has 5 nitrogen and oxygen atoms in total. The number of carbonyl (C=O) groups is 3. The number of imide groups is 1. The Kier molecular flexibility index (Phi) is 4.48. The first kappa shape index (κ1) is 16.6. The van der Waals surface area contributed by atoms with Crippen LogP contribution in [0.5, 0.6) is 0 Å². The lowest BCUT2D eigenvalue weighted by molar-refractivity contribution is 0.0337. The van der Waals surface area contributed by atoms with Crippen LogP contribution in [-0.4, -0.2) is 29.2 Å². The van der Waals surface area contributed by atoms with Crippen molar-refractivity contribution in [3.8, 4) is 0 Å². The molecule has 3 rings (SSSR count). The van der Waals surface area contributed by atoms with Crippen LogP contribution in [0.25, 0.3) is 0 Å². The lowest BCUT2D eigenvalue weighted by Gasteiger charge is -2.13. The molecule has 0 aromatic heterocycles. The minimum Gasteiger partial charge on any atom is -0.454 e. The van der Waals surface area contributed by atoms with Crippen molar-refractivity contribution >= 4 is 17.8 Å². The molecule has 0 saturated carbocycles. The number of ether oxygens (including phenoxy) is 1. The molecule has 2 aromatic rings. The molecule has 126 valence electrons. The summed E-state index contributed by atoms with van der Waals surface area (Å²) in [5.41, 5.74) is 1.62. The summed E-state index contributed by atoms with van der Waals surface area (Å²) in [5.74, 6) is -1.34. The van der Waals surface area contributed by atoms with E-state index in [1.807, 2.05) is 30.3 Å². The molecule has 5 heteroatoms. The van der Waals surface area contributed by atoms with Crippen LogP contribution in [0.3, 0.4) is 0 Å². The lowest BCUT2D eigenvalue weighted by Crippen LogP contribution is -2.29. The molecule has 1 aliphatic rings. The second-order valence-corrected chi connectivity index (χ2v) is 5.73. The van der Waals surface area contributed by atoms with Crippen LogP contribution in [0.15, 0.2) is 61.2 Å². The van der Waals surface area contributed by atoms with Crippen LogP contribution in [0.4, 0.5) is 0 Å². The van der Waals surface area contributed by atoms with E-state index in [9.17, 15) is 14.4 Å². The van der Waals surface area contributed by atoms with Gasteiger partial charge < -0.3 is 4.74 Å². The van der Waals surface area contributed by atoms with Crippen LogP contribution in [0.2, 0.25) is 0 Å². The molecule has 0 unspecified atom stereocenters. The van der Waals surface area contributed by atoms with E-state index < -0.39 is 18.0 Å². The quantitative estimate of drug-likeness (QED) is 0.477. The van der Waals surface area contributed by atoms with Gasteiger partial charge in [-0.15, -0.1) is 6.58 Å². The first-order valence-corrected chi connectivity index (χ1v) is 7.90. The van der Waals surface area contributed by atoms with Crippen molar-refractivity contribution in [1.29, 1.82) is 0 Å². The second-order valence-electron chi connectivity index (χ2n) is 5.73. The second kappa shape index (κ2) is 6.73. The molecule has 0 saturated heterocycles. The molecule has 0 aliphatic carbocycles. The molecule has 0 N–H and O–H groups in total. The zero-order valence-electron chi connectivity index (χ0n) is 13.8. The van der Waals surface area contributed by atoms with E-state index in [2.05, 4.69) is 6.58 Å². The molecule has 1 aliphatic heterocycles. The highest BCUT2D eigenvalue weighted by molar-refractivity contribution is 6.22. The van der Waals surface area contributed by atoms with Crippen molar-refractivity contribution in [3.63, 3.8) is 0 Å². The molecule has 0 bridgehead atoms. The Bertz CT molecular complexity index is 857. The standard InChI is InChI=1S/C20H17NO4/c1-3-11-21-18(22)16-10-9-15(12-17(16)19(21)23)20(24)25-13(2)14-7-5-4-6-8-14/h3-10,12-13H,1,11H2,2H3/t13-/m1/s1. The van der Waals surface area contributed by atoms with Gasteiger partial charge in [-0.05, 0) is 30.7 Å². The summed E-state index contributed by atoms with van der Waals surface area (Å²) < 4.78 is 5.45. The molecule has 0 spiro atoms. The molecular weight excluding hydrogens is 318 g/mol. The van der Waals surface area contributed by atoms with Crippen molar-refractivity contribution in [2.45, 2.75) is 13.0 Å². The Morgan fingerprint density at radius 3 is 2.48 bits per heavy atom. The van der Waals surface area contributed by atoms with Gasteiger partial charge >= 0.3 is 5.97 Å². The zero-order valence-corrected chi connectivity index (χ0v) is 13.8. The average Bonchev–Trinajstić information content (AvgIpc) is 2.87. The number of amides is 2. The number of fused-ring (bicyclic) bond motifs is 1. The van der Waals surface area contributed by atoms with Gasteiger partial charge in [0.05, 0.1) is 16.7 Å². The summed E-state index contributed by atoms with van der Waals surface area (Å²) in [7, 11) is 0. The number of rotatable bonds is 5. The maximum absolute atomic E-state index is 12.4. The van der Waals surface area contributed by atoms with Crippen LogP contribution >= 0.6 is 0 Å². The van der Waals surface area contributed by atoms with E-state index in [1.165, 1.54) is 24.3 Å². The number of hydrogen-bond donors (Lipinski definition) is 0. The van der Waals surface area contributed by atoms with Crippen LogP contribution in [0.1, 0.15) is 49.7 Å². The molecule has 0 radical (unpaired) electrons. The van der Waals surface area contributed by atoms with Gasteiger partial charge in [-0.25, -0.2) is 4.79 Å². The third-order valence-corrected chi connectivity index (χ3v) is 4.07. The van der Waals surface area contributed by atoms with Crippen molar-refractivity contribution in [2.24, 2.45) is 0 Å². The largest absolute Gasteiger partial charge is 0.454 e. The monoisotopic (exact) mass is 335 g/mol. The highest BCUT2D eigenvalue weighted by atomic mass is 16.5. The van der Waals surface area contributed by atoms with Gasteiger partial charge in [0.25, 0.3) is 11.8 Å². The van der Waals surface area contributed by atoms with Gasteiger partial charge in [-0.1, -0.05) is 36.4 Å². The van der Waals surface area contributed by atoms with Crippen molar-refractivity contribution in [3.05, 3.63) is 83.4 Å². The number of hydrogen-bond acceptors (Lipinski definition) is 4. The summed E-state index contributed by atoms with van der Waals surface area (Å²) in [6.45, 7) is 5.46. The van der Waals surface area contributed by atoms with E-state index >= 15 is 0 Å². The fraction of sp³-hybridized carbons (Fsp3) is 0.150. The first-order chi connectivity index (χ1) is 12.0. The fourth-order valence-corrected chi connectivity index (χ4v) is 2.73. The smallest absolute Gasteiger partial charge is 0.338 e. The predicted molar refractivity (Wildman–Crippen MR) is 92.3 cm³/mol. The van der Waals surface area contributed by atoms with Gasteiger partial charge in [0.1, 0.15) is 6.10 Å². The number of nitrogens with zero attached hydrogens (tertiary/aromatic N) is 1. The third-order valence-electron chi connectivity index (χ3n) is 4.07. The Hall–Kier alpha value is -3.21. The van der Waals surface area contributed by atoms with Crippen molar-refractivity contribution in [1.82, 2.24) is 4.90 Å². The average molecular weight is 335 g/mol. The fourth-order valence-electron chi connectivity index (χ4n) is 2.73. The number of esters is 1. The van der Waals surface area contributed by atoms with E-state index in [1.54, 1.807) is 6.92 Å². The SMILES string of the molecule is C=CCN1C(=O)c2ccc(C(=O)O[C@H](C)c3ccccc3)cc2C1=O. The van der Waals surface area contributed by atoms with Gasteiger partial charge in [0, 0.05) is 6.54 Å². The summed E-state index contributed by atoms with van der Waals surface area (Å²) in [6, 6.07) is 13.8. The summed E-state index contributed by atoms with van der Waals surface area (Å²) in [4.78, 5) is 38.0. The molecular formula is C20H17NO4. The van der Waals surface area contributed by atoms with Crippen LogP contribution in [-0.2, 0) is 4.74 Å². The van der Waals surface area contributed by atoms with Gasteiger partial charge in [-0.2, -0.15) is 0 Å².